The summed E-state index contributed by atoms with van der Waals surface area (Å²) in [6.45, 7) is 4.32. The summed E-state index contributed by atoms with van der Waals surface area (Å²) in [6.07, 6.45) is 8.50. The molecule has 2 fully saturated rings. The number of carbonyl (C=O) groups is 1. The molecule has 4 nitrogen and oxygen atoms in total. The van der Waals surface area contributed by atoms with Crippen LogP contribution in [0.15, 0.2) is 6.07 Å². The number of Topliss-reactive ketones (excluding diaryl/α,β-unsaturated/α-hetero) is 1. The van der Waals surface area contributed by atoms with E-state index in [1.807, 2.05) is 11.7 Å². The molecule has 4 heteroatoms. The normalized spacial score (nSPS) is 22.0. The second-order valence-corrected chi connectivity index (χ2v) is 6.64. The Kier molecular flexibility index (Phi) is 4.16. The van der Waals surface area contributed by atoms with Gasteiger partial charge < -0.3 is 0 Å². The zero-order valence-electron chi connectivity index (χ0n) is 13.4. The maximum Gasteiger partial charge on any atom is 0.158 e. The minimum Gasteiger partial charge on any atom is -0.297 e. The molecule has 0 aromatic carbocycles. The minimum absolute atomic E-state index is 0.160. The van der Waals surface area contributed by atoms with Crippen LogP contribution in [0.4, 0.5) is 0 Å². The molecule has 0 bridgehead atoms. The van der Waals surface area contributed by atoms with Gasteiger partial charge in [-0.2, -0.15) is 5.10 Å². The third kappa shape index (κ3) is 2.66. The van der Waals surface area contributed by atoms with E-state index < -0.39 is 0 Å². The second kappa shape index (κ2) is 5.91. The summed E-state index contributed by atoms with van der Waals surface area (Å²) in [4.78, 5) is 15.6. The van der Waals surface area contributed by atoms with Crippen LogP contribution in [-0.4, -0.2) is 39.1 Å². The fourth-order valence-corrected chi connectivity index (χ4v) is 4.12. The standard InChI is InChI=1S/C17H27N3O/c1-3-14-12-15(19(2)18-14)13-16(21)17(8-4-5-9-17)20-10-6-7-11-20/h12H,3-11,13H2,1-2H3. The van der Waals surface area contributed by atoms with E-state index in [0.29, 0.717) is 12.2 Å². The Morgan fingerprint density at radius 2 is 1.90 bits per heavy atom. The van der Waals surface area contributed by atoms with Crippen LogP contribution in [0.2, 0.25) is 0 Å². The van der Waals surface area contributed by atoms with Crippen molar-refractivity contribution in [1.82, 2.24) is 14.7 Å². The molecule has 0 spiro atoms. The van der Waals surface area contributed by atoms with E-state index in [4.69, 9.17) is 0 Å². The Labute approximate surface area is 127 Å². The van der Waals surface area contributed by atoms with Gasteiger partial charge in [0.25, 0.3) is 0 Å². The highest BCUT2D eigenvalue weighted by molar-refractivity contribution is 5.90. The first kappa shape index (κ1) is 14.8. The third-order valence-corrected chi connectivity index (χ3v) is 5.39. The van der Waals surface area contributed by atoms with E-state index in [2.05, 4.69) is 23.0 Å². The number of ketones is 1. The molecule has 116 valence electrons. The number of hydrogen-bond donors (Lipinski definition) is 0. The number of hydrogen-bond acceptors (Lipinski definition) is 3. The van der Waals surface area contributed by atoms with Crippen molar-refractivity contribution in [2.75, 3.05) is 13.1 Å². The average molecular weight is 289 g/mol. The molecule has 0 atom stereocenters. The van der Waals surface area contributed by atoms with Crippen LogP contribution in [0.5, 0.6) is 0 Å². The lowest BCUT2D eigenvalue weighted by Crippen LogP contribution is -2.52. The van der Waals surface area contributed by atoms with Crippen molar-refractivity contribution in [1.29, 1.82) is 0 Å². The van der Waals surface area contributed by atoms with Gasteiger partial charge in [0.05, 0.1) is 17.7 Å². The van der Waals surface area contributed by atoms with Crippen LogP contribution in [0.1, 0.15) is 56.8 Å². The Morgan fingerprint density at radius 3 is 2.48 bits per heavy atom. The molecule has 1 aliphatic carbocycles. The number of likely N-dealkylation sites (tertiary alicyclic amines) is 1. The Morgan fingerprint density at radius 1 is 1.24 bits per heavy atom. The maximum atomic E-state index is 13.1. The molecule has 1 aliphatic heterocycles. The molecule has 1 saturated heterocycles. The molecule has 0 radical (unpaired) electrons. The van der Waals surface area contributed by atoms with Crippen molar-refractivity contribution in [3.63, 3.8) is 0 Å². The predicted octanol–water partition coefficient (Wildman–Crippen LogP) is 2.50. The zero-order valence-corrected chi connectivity index (χ0v) is 13.4. The van der Waals surface area contributed by atoms with Gasteiger partial charge in [-0.15, -0.1) is 0 Å². The summed E-state index contributed by atoms with van der Waals surface area (Å²) >= 11 is 0. The molecule has 0 unspecified atom stereocenters. The first-order valence-electron chi connectivity index (χ1n) is 8.46. The van der Waals surface area contributed by atoms with Gasteiger partial charge in [-0.3, -0.25) is 14.4 Å². The average Bonchev–Trinajstić information content (AvgIpc) is 3.19. The largest absolute Gasteiger partial charge is 0.297 e. The number of aryl methyl sites for hydroxylation is 2. The first-order valence-corrected chi connectivity index (χ1v) is 8.46. The lowest BCUT2D eigenvalue weighted by atomic mass is 9.87. The van der Waals surface area contributed by atoms with Crippen molar-refractivity contribution in [3.8, 4) is 0 Å². The monoisotopic (exact) mass is 289 g/mol. The number of nitrogens with zero attached hydrogens (tertiary/aromatic N) is 3. The van der Waals surface area contributed by atoms with Crippen molar-refractivity contribution >= 4 is 5.78 Å². The third-order valence-electron chi connectivity index (χ3n) is 5.39. The Hall–Kier alpha value is -1.16. The SMILES string of the molecule is CCc1cc(CC(=O)C2(N3CCCC3)CCCC2)n(C)n1. The van der Waals surface area contributed by atoms with E-state index in [9.17, 15) is 4.79 Å². The molecule has 2 heterocycles. The summed E-state index contributed by atoms with van der Waals surface area (Å²) < 4.78 is 1.89. The summed E-state index contributed by atoms with van der Waals surface area (Å²) in [5.74, 6) is 0.424. The van der Waals surface area contributed by atoms with Crippen LogP contribution < -0.4 is 0 Å². The van der Waals surface area contributed by atoms with E-state index in [0.717, 1.165) is 43.7 Å². The van der Waals surface area contributed by atoms with Gasteiger partial charge in [0, 0.05) is 12.7 Å². The minimum atomic E-state index is -0.160. The van der Waals surface area contributed by atoms with Crippen LogP contribution >= 0.6 is 0 Å². The summed E-state index contributed by atoms with van der Waals surface area (Å²) in [7, 11) is 1.96. The molecular weight excluding hydrogens is 262 g/mol. The molecule has 0 amide bonds. The molecule has 1 aromatic rings. The second-order valence-electron chi connectivity index (χ2n) is 6.64. The lowest BCUT2D eigenvalue weighted by Gasteiger charge is -2.37. The Bertz CT molecular complexity index is 508. The van der Waals surface area contributed by atoms with Crippen molar-refractivity contribution in [2.45, 2.75) is 63.8 Å². The topological polar surface area (TPSA) is 38.1 Å². The van der Waals surface area contributed by atoms with Gasteiger partial charge in [-0.05, 0) is 51.3 Å². The van der Waals surface area contributed by atoms with E-state index in [1.165, 1.54) is 25.7 Å². The lowest BCUT2D eigenvalue weighted by molar-refractivity contribution is -0.130. The number of rotatable bonds is 5. The maximum absolute atomic E-state index is 13.1. The molecule has 1 saturated carbocycles. The van der Waals surface area contributed by atoms with Crippen molar-refractivity contribution in [3.05, 3.63) is 17.5 Å². The predicted molar refractivity (Wildman–Crippen MR) is 83.3 cm³/mol. The first-order chi connectivity index (χ1) is 10.2. The molecule has 3 rings (SSSR count). The van der Waals surface area contributed by atoms with Crippen molar-refractivity contribution in [2.24, 2.45) is 7.05 Å². The highest BCUT2D eigenvalue weighted by Crippen LogP contribution is 2.38. The molecular formula is C17H27N3O. The van der Waals surface area contributed by atoms with E-state index >= 15 is 0 Å². The van der Waals surface area contributed by atoms with E-state index in [-0.39, 0.29) is 5.54 Å². The fraction of sp³-hybridized carbons (Fsp3) is 0.765. The molecule has 21 heavy (non-hydrogen) atoms. The van der Waals surface area contributed by atoms with Crippen LogP contribution in [-0.2, 0) is 24.7 Å². The number of aromatic nitrogens is 2. The van der Waals surface area contributed by atoms with Gasteiger partial charge in [0.1, 0.15) is 0 Å². The van der Waals surface area contributed by atoms with Gasteiger partial charge >= 0.3 is 0 Å². The highest BCUT2D eigenvalue weighted by Gasteiger charge is 2.46. The van der Waals surface area contributed by atoms with Gasteiger partial charge in [-0.25, -0.2) is 0 Å². The highest BCUT2D eigenvalue weighted by atomic mass is 16.1. The fourth-order valence-electron chi connectivity index (χ4n) is 4.12. The van der Waals surface area contributed by atoms with Gasteiger partial charge in [-0.1, -0.05) is 19.8 Å². The van der Waals surface area contributed by atoms with Crippen LogP contribution in [0.3, 0.4) is 0 Å². The van der Waals surface area contributed by atoms with Crippen LogP contribution in [0.25, 0.3) is 0 Å². The summed E-state index contributed by atoms with van der Waals surface area (Å²) in [6, 6.07) is 2.10. The molecule has 2 aliphatic rings. The molecule has 0 N–H and O–H groups in total. The Balaban J connectivity index is 1.79. The van der Waals surface area contributed by atoms with Crippen molar-refractivity contribution < 1.29 is 4.79 Å². The molecule has 1 aromatic heterocycles. The van der Waals surface area contributed by atoms with Gasteiger partial charge in [0.2, 0.25) is 0 Å². The summed E-state index contributed by atoms with van der Waals surface area (Å²) in [5, 5.41) is 4.48. The van der Waals surface area contributed by atoms with E-state index in [1.54, 1.807) is 0 Å². The zero-order chi connectivity index (χ0) is 14.9. The van der Waals surface area contributed by atoms with Crippen LogP contribution in [0, 0.1) is 0 Å². The quantitative estimate of drug-likeness (QED) is 0.836. The van der Waals surface area contributed by atoms with Gasteiger partial charge in [0.15, 0.2) is 5.78 Å². The summed E-state index contributed by atoms with van der Waals surface area (Å²) in [5.41, 5.74) is 2.00. The number of carbonyl (C=O) groups excluding carboxylic acids is 1. The smallest absolute Gasteiger partial charge is 0.158 e.